The van der Waals surface area contributed by atoms with E-state index < -0.39 is 0 Å². The Hall–Kier alpha value is -2.74. The minimum absolute atomic E-state index is 0.00945. The first-order valence-corrected chi connectivity index (χ1v) is 10.4. The molecule has 28 heavy (non-hydrogen) atoms. The summed E-state index contributed by atoms with van der Waals surface area (Å²) in [7, 11) is 0. The molecule has 146 valence electrons. The van der Waals surface area contributed by atoms with Crippen molar-refractivity contribution in [3.63, 3.8) is 0 Å². The van der Waals surface area contributed by atoms with E-state index in [1.807, 2.05) is 41.8 Å². The fraction of sp³-hybridized carbons (Fsp3) is 0.400. The molecule has 0 unspecified atom stereocenters. The van der Waals surface area contributed by atoms with Crippen molar-refractivity contribution in [2.75, 3.05) is 13.1 Å². The van der Waals surface area contributed by atoms with Gasteiger partial charge in [-0.15, -0.1) is 21.5 Å². The molecule has 8 heteroatoms. The lowest BCUT2D eigenvalue weighted by atomic mass is 10.2. The van der Waals surface area contributed by atoms with Gasteiger partial charge in [0.25, 0.3) is 5.91 Å². The molecule has 0 aliphatic carbocycles. The van der Waals surface area contributed by atoms with Gasteiger partial charge in [0.1, 0.15) is 0 Å². The van der Waals surface area contributed by atoms with Gasteiger partial charge in [-0.1, -0.05) is 13.0 Å². The maximum atomic E-state index is 12.8. The minimum atomic E-state index is -0.190. The lowest BCUT2D eigenvalue weighted by Crippen LogP contribution is -2.40. The summed E-state index contributed by atoms with van der Waals surface area (Å²) < 4.78 is 1.93. The molecule has 7 nitrogen and oxygen atoms in total. The first-order valence-electron chi connectivity index (χ1n) is 9.55. The lowest BCUT2D eigenvalue weighted by molar-refractivity contribution is -0.131. The quantitative estimate of drug-likeness (QED) is 0.718. The number of nitrogens with zero attached hydrogens (tertiary/aromatic N) is 4. The van der Waals surface area contributed by atoms with Crippen LogP contribution >= 0.6 is 11.3 Å². The van der Waals surface area contributed by atoms with Crippen molar-refractivity contribution >= 4 is 28.8 Å². The van der Waals surface area contributed by atoms with E-state index in [1.165, 1.54) is 16.2 Å². The molecule has 2 amide bonds. The molecule has 1 saturated heterocycles. The van der Waals surface area contributed by atoms with Crippen LogP contribution in [0.25, 0.3) is 5.65 Å². The van der Waals surface area contributed by atoms with Crippen LogP contribution in [0.3, 0.4) is 0 Å². The monoisotopic (exact) mass is 397 g/mol. The van der Waals surface area contributed by atoms with E-state index in [1.54, 1.807) is 4.90 Å². The second-order valence-electron chi connectivity index (χ2n) is 6.99. The molecule has 0 aromatic carbocycles. The Balaban J connectivity index is 1.44. The Morgan fingerprint density at radius 1 is 1.32 bits per heavy atom. The standard InChI is InChI=1S/C20H23N5O2S/c1-3-15-13(2)11-16(28-15)20(27)21-12-18(26)24-10-6-7-14(24)19-23-22-17-8-4-5-9-25(17)19/h4-5,8-9,11,14H,3,6-7,10,12H2,1-2H3,(H,21,27)/t14-/m0/s1. The summed E-state index contributed by atoms with van der Waals surface area (Å²) >= 11 is 1.49. The minimum Gasteiger partial charge on any atom is -0.342 e. The molecular weight excluding hydrogens is 374 g/mol. The molecule has 1 N–H and O–H groups in total. The Morgan fingerprint density at radius 2 is 2.18 bits per heavy atom. The molecule has 3 aromatic rings. The van der Waals surface area contributed by atoms with Crippen LogP contribution in [0.5, 0.6) is 0 Å². The number of nitrogens with one attached hydrogen (secondary N) is 1. The summed E-state index contributed by atoms with van der Waals surface area (Å²) in [6.07, 6.45) is 4.58. The van der Waals surface area contributed by atoms with Crippen LogP contribution in [0.2, 0.25) is 0 Å². The summed E-state index contributed by atoms with van der Waals surface area (Å²) in [6.45, 7) is 4.74. The largest absolute Gasteiger partial charge is 0.342 e. The Bertz CT molecular complexity index is 1020. The van der Waals surface area contributed by atoms with E-state index >= 15 is 0 Å². The number of thiophene rings is 1. The third-order valence-corrected chi connectivity index (χ3v) is 6.56. The highest BCUT2D eigenvalue weighted by molar-refractivity contribution is 7.14. The molecular formula is C20H23N5O2S. The average Bonchev–Trinajstić information content (AvgIpc) is 3.42. The molecule has 0 spiro atoms. The number of fused-ring (bicyclic) bond motifs is 1. The highest BCUT2D eigenvalue weighted by Crippen LogP contribution is 2.31. The molecule has 1 aliphatic rings. The summed E-state index contributed by atoms with van der Waals surface area (Å²) in [4.78, 5) is 28.9. The van der Waals surface area contributed by atoms with Crippen molar-refractivity contribution < 1.29 is 9.59 Å². The molecule has 1 fully saturated rings. The van der Waals surface area contributed by atoms with E-state index in [-0.39, 0.29) is 24.4 Å². The molecule has 3 aromatic heterocycles. The van der Waals surface area contributed by atoms with Crippen molar-refractivity contribution in [2.24, 2.45) is 0 Å². The predicted octanol–water partition coefficient (Wildman–Crippen LogP) is 2.76. The van der Waals surface area contributed by atoms with E-state index in [4.69, 9.17) is 0 Å². The van der Waals surface area contributed by atoms with Gasteiger partial charge in [-0.3, -0.25) is 14.0 Å². The number of aryl methyl sites for hydroxylation is 2. The average molecular weight is 398 g/mol. The van der Waals surface area contributed by atoms with Crippen LogP contribution in [0.1, 0.15) is 51.7 Å². The van der Waals surface area contributed by atoms with Crippen molar-refractivity contribution in [2.45, 2.75) is 39.2 Å². The third-order valence-electron chi connectivity index (χ3n) is 5.18. The molecule has 0 saturated carbocycles. The van der Waals surface area contributed by atoms with Crippen molar-refractivity contribution in [3.05, 3.63) is 51.6 Å². The number of pyridine rings is 1. The first-order chi connectivity index (χ1) is 13.6. The number of hydrogen-bond acceptors (Lipinski definition) is 5. The number of aromatic nitrogens is 3. The van der Waals surface area contributed by atoms with Crippen LogP contribution in [0, 0.1) is 6.92 Å². The van der Waals surface area contributed by atoms with Gasteiger partial charge in [0.15, 0.2) is 11.5 Å². The molecule has 1 atom stereocenters. The van der Waals surface area contributed by atoms with Crippen molar-refractivity contribution in [1.82, 2.24) is 24.8 Å². The first kappa shape index (κ1) is 18.6. The zero-order chi connectivity index (χ0) is 19.7. The van der Waals surface area contributed by atoms with Gasteiger partial charge >= 0.3 is 0 Å². The van der Waals surface area contributed by atoms with Gasteiger partial charge in [0, 0.05) is 17.6 Å². The number of rotatable bonds is 5. The predicted molar refractivity (Wildman–Crippen MR) is 107 cm³/mol. The fourth-order valence-electron chi connectivity index (χ4n) is 3.75. The van der Waals surface area contributed by atoms with Crippen molar-refractivity contribution in [1.29, 1.82) is 0 Å². The Kier molecular flexibility index (Phi) is 5.13. The SMILES string of the molecule is CCc1sc(C(=O)NCC(=O)N2CCC[C@H]2c2nnc3ccccn23)cc1C. The Morgan fingerprint density at radius 3 is 2.96 bits per heavy atom. The maximum absolute atomic E-state index is 12.8. The maximum Gasteiger partial charge on any atom is 0.261 e. The number of likely N-dealkylation sites (tertiary alicyclic amines) is 1. The van der Waals surface area contributed by atoms with Gasteiger partial charge < -0.3 is 10.2 Å². The zero-order valence-electron chi connectivity index (χ0n) is 16.0. The van der Waals surface area contributed by atoms with Gasteiger partial charge in [0.05, 0.1) is 17.5 Å². The van der Waals surface area contributed by atoms with Gasteiger partial charge in [-0.05, 0) is 49.9 Å². The van der Waals surface area contributed by atoms with E-state index in [9.17, 15) is 9.59 Å². The molecule has 4 heterocycles. The molecule has 1 aliphatic heterocycles. The van der Waals surface area contributed by atoms with Gasteiger partial charge in [0.2, 0.25) is 5.91 Å². The zero-order valence-corrected chi connectivity index (χ0v) is 16.8. The number of carbonyl (C=O) groups excluding carboxylic acids is 2. The molecule has 4 rings (SSSR count). The van der Waals surface area contributed by atoms with E-state index in [0.717, 1.165) is 36.3 Å². The highest BCUT2D eigenvalue weighted by Gasteiger charge is 2.33. The second kappa shape index (κ2) is 7.71. The van der Waals surface area contributed by atoms with Crippen LogP contribution in [-0.2, 0) is 11.2 Å². The molecule has 0 radical (unpaired) electrons. The van der Waals surface area contributed by atoms with Gasteiger partial charge in [-0.2, -0.15) is 0 Å². The highest BCUT2D eigenvalue weighted by atomic mass is 32.1. The summed E-state index contributed by atoms with van der Waals surface area (Å²) in [6, 6.07) is 7.51. The smallest absolute Gasteiger partial charge is 0.261 e. The van der Waals surface area contributed by atoms with E-state index in [0.29, 0.717) is 11.4 Å². The second-order valence-corrected chi connectivity index (χ2v) is 8.12. The van der Waals surface area contributed by atoms with E-state index in [2.05, 4.69) is 22.4 Å². The number of carbonyl (C=O) groups is 2. The van der Waals surface area contributed by atoms with Crippen molar-refractivity contribution in [3.8, 4) is 0 Å². The number of hydrogen-bond donors (Lipinski definition) is 1. The summed E-state index contributed by atoms with van der Waals surface area (Å²) in [5.41, 5.74) is 1.90. The van der Waals surface area contributed by atoms with Crippen LogP contribution in [-0.4, -0.2) is 44.4 Å². The van der Waals surface area contributed by atoms with Gasteiger partial charge in [-0.25, -0.2) is 0 Å². The summed E-state index contributed by atoms with van der Waals surface area (Å²) in [5.74, 6) is 0.492. The lowest BCUT2D eigenvalue weighted by Gasteiger charge is -2.23. The molecule has 0 bridgehead atoms. The van der Waals surface area contributed by atoms with Crippen LogP contribution in [0.15, 0.2) is 30.5 Å². The normalized spacial score (nSPS) is 16.6. The van der Waals surface area contributed by atoms with Crippen LogP contribution in [0.4, 0.5) is 0 Å². The fourth-order valence-corrected chi connectivity index (χ4v) is 4.78. The Labute approximate surface area is 167 Å². The van der Waals surface area contributed by atoms with Crippen LogP contribution < -0.4 is 5.32 Å². The summed E-state index contributed by atoms with van der Waals surface area (Å²) in [5, 5.41) is 11.3. The topological polar surface area (TPSA) is 79.6 Å². The number of amides is 2. The third kappa shape index (κ3) is 3.40.